The Morgan fingerprint density at radius 2 is 2.04 bits per heavy atom. The minimum atomic E-state index is -0.762. The standard InChI is InChI=1S/C18H25N3O5/c1-2-13-12(3-4-16(23)19-13)17(24)20-14-9-11(10-15(14)22)18(25)21-5-7-26-8-6-21/h3-4,11,14-15,22H,2,5-10H2,1H3,(H,19,23)(H,20,24)/t11-,14+,15+/m0/s1. The first kappa shape index (κ1) is 18.6. The predicted molar refractivity (Wildman–Crippen MR) is 93.8 cm³/mol. The van der Waals surface area contributed by atoms with Crippen LogP contribution in [0.2, 0.25) is 0 Å². The van der Waals surface area contributed by atoms with Crippen molar-refractivity contribution in [3.8, 4) is 0 Å². The molecule has 1 aliphatic carbocycles. The molecular formula is C18H25N3O5. The van der Waals surface area contributed by atoms with Gasteiger partial charge < -0.3 is 25.0 Å². The van der Waals surface area contributed by atoms with Gasteiger partial charge in [-0.1, -0.05) is 6.92 Å². The highest BCUT2D eigenvalue weighted by Crippen LogP contribution is 2.28. The van der Waals surface area contributed by atoms with E-state index in [0.717, 1.165) is 0 Å². The second-order valence-corrected chi connectivity index (χ2v) is 6.82. The van der Waals surface area contributed by atoms with Crippen LogP contribution in [-0.4, -0.2) is 65.3 Å². The van der Waals surface area contributed by atoms with Crippen LogP contribution in [0.1, 0.15) is 35.8 Å². The van der Waals surface area contributed by atoms with Crippen LogP contribution in [0.15, 0.2) is 16.9 Å². The number of aliphatic hydroxyl groups is 1. The van der Waals surface area contributed by atoms with Gasteiger partial charge in [-0.2, -0.15) is 0 Å². The van der Waals surface area contributed by atoms with E-state index in [-0.39, 0.29) is 23.3 Å². The van der Waals surface area contributed by atoms with Crippen LogP contribution >= 0.6 is 0 Å². The molecule has 26 heavy (non-hydrogen) atoms. The molecule has 3 atom stereocenters. The lowest BCUT2D eigenvalue weighted by atomic mass is 10.1. The third kappa shape index (κ3) is 3.96. The van der Waals surface area contributed by atoms with E-state index in [1.807, 2.05) is 6.92 Å². The molecular weight excluding hydrogens is 338 g/mol. The number of ether oxygens (including phenoxy) is 1. The fraction of sp³-hybridized carbons (Fsp3) is 0.611. The fourth-order valence-corrected chi connectivity index (χ4v) is 3.67. The molecule has 8 heteroatoms. The number of rotatable bonds is 4. The summed E-state index contributed by atoms with van der Waals surface area (Å²) in [6.07, 6.45) is 0.507. The lowest BCUT2D eigenvalue weighted by Gasteiger charge is -2.29. The number of H-pyrrole nitrogens is 1. The molecule has 2 heterocycles. The van der Waals surface area contributed by atoms with Crippen molar-refractivity contribution < 1.29 is 19.4 Å². The van der Waals surface area contributed by atoms with E-state index in [4.69, 9.17) is 4.74 Å². The van der Waals surface area contributed by atoms with Gasteiger partial charge in [0.1, 0.15) is 0 Å². The van der Waals surface area contributed by atoms with Crippen molar-refractivity contribution in [2.45, 2.75) is 38.3 Å². The van der Waals surface area contributed by atoms with Crippen molar-refractivity contribution in [2.75, 3.05) is 26.3 Å². The molecule has 1 aromatic rings. The number of pyridine rings is 1. The maximum absolute atomic E-state index is 12.6. The highest BCUT2D eigenvalue weighted by Gasteiger charge is 2.39. The average molecular weight is 363 g/mol. The Kier molecular flexibility index (Phi) is 5.73. The molecule has 3 N–H and O–H groups in total. The topological polar surface area (TPSA) is 112 Å². The summed E-state index contributed by atoms with van der Waals surface area (Å²) in [4.78, 5) is 41.0. The summed E-state index contributed by atoms with van der Waals surface area (Å²) in [5, 5.41) is 13.1. The van der Waals surface area contributed by atoms with E-state index >= 15 is 0 Å². The Balaban J connectivity index is 1.64. The van der Waals surface area contributed by atoms with Gasteiger partial charge >= 0.3 is 0 Å². The number of hydrogen-bond acceptors (Lipinski definition) is 5. The minimum Gasteiger partial charge on any atom is -0.391 e. The van der Waals surface area contributed by atoms with Crippen LogP contribution in [-0.2, 0) is 16.0 Å². The minimum absolute atomic E-state index is 0.0161. The molecule has 0 unspecified atom stereocenters. The highest BCUT2D eigenvalue weighted by atomic mass is 16.5. The lowest BCUT2D eigenvalue weighted by molar-refractivity contribution is -0.139. The van der Waals surface area contributed by atoms with Gasteiger partial charge in [0.25, 0.3) is 5.91 Å². The van der Waals surface area contributed by atoms with Crippen molar-refractivity contribution in [1.29, 1.82) is 0 Å². The lowest BCUT2D eigenvalue weighted by Crippen LogP contribution is -2.43. The summed E-state index contributed by atoms with van der Waals surface area (Å²) >= 11 is 0. The summed E-state index contributed by atoms with van der Waals surface area (Å²) in [6.45, 7) is 4.06. The molecule has 0 bridgehead atoms. The van der Waals surface area contributed by atoms with Crippen molar-refractivity contribution in [2.24, 2.45) is 5.92 Å². The van der Waals surface area contributed by atoms with Gasteiger partial charge in [0, 0.05) is 30.8 Å². The molecule has 0 spiro atoms. The Morgan fingerprint density at radius 3 is 2.73 bits per heavy atom. The number of aromatic nitrogens is 1. The molecule has 1 aliphatic heterocycles. The van der Waals surface area contributed by atoms with E-state index in [2.05, 4.69) is 10.3 Å². The molecule has 2 amide bonds. The summed E-state index contributed by atoms with van der Waals surface area (Å²) in [5.41, 5.74) is 0.696. The monoisotopic (exact) mass is 363 g/mol. The van der Waals surface area contributed by atoms with Crippen molar-refractivity contribution >= 4 is 11.8 Å². The summed E-state index contributed by atoms with van der Waals surface area (Å²) in [6, 6.07) is 2.32. The maximum Gasteiger partial charge on any atom is 0.253 e. The smallest absolute Gasteiger partial charge is 0.253 e. The molecule has 8 nitrogen and oxygen atoms in total. The van der Waals surface area contributed by atoms with Gasteiger partial charge in [-0.05, 0) is 25.3 Å². The van der Waals surface area contributed by atoms with Gasteiger partial charge in [-0.15, -0.1) is 0 Å². The van der Waals surface area contributed by atoms with Crippen molar-refractivity contribution in [3.63, 3.8) is 0 Å². The first-order valence-electron chi connectivity index (χ1n) is 9.07. The summed E-state index contributed by atoms with van der Waals surface area (Å²) in [5.74, 6) is -0.626. The highest BCUT2D eigenvalue weighted by molar-refractivity contribution is 5.95. The van der Waals surface area contributed by atoms with Crippen LogP contribution in [0, 0.1) is 5.92 Å². The summed E-state index contributed by atoms with van der Waals surface area (Å²) in [7, 11) is 0. The van der Waals surface area contributed by atoms with Crippen molar-refractivity contribution in [3.05, 3.63) is 33.7 Å². The third-order valence-corrected chi connectivity index (χ3v) is 5.12. The molecule has 1 saturated carbocycles. The van der Waals surface area contributed by atoms with E-state index in [9.17, 15) is 19.5 Å². The number of aliphatic hydroxyl groups excluding tert-OH is 1. The van der Waals surface area contributed by atoms with Crippen molar-refractivity contribution in [1.82, 2.24) is 15.2 Å². The van der Waals surface area contributed by atoms with E-state index in [1.54, 1.807) is 4.90 Å². The number of carbonyl (C=O) groups excluding carboxylic acids is 2. The number of carbonyl (C=O) groups is 2. The molecule has 142 valence electrons. The summed E-state index contributed by atoms with van der Waals surface area (Å²) < 4.78 is 5.26. The molecule has 3 rings (SSSR count). The zero-order valence-corrected chi connectivity index (χ0v) is 14.9. The number of amides is 2. The largest absolute Gasteiger partial charge is 0.391 e. The van der Waals surface area contributed by atoms with E-state index in [0.29, 0.717) is 56.8 Å². The Hall–Kier alpha value is -2.19. The number of aromatic amines is 1. The average Bonchev–Trinajstić information content (AvgIpc) is 3.02. The third-order valence-electron chi connectivity index (χ3n) is 5.12. The number of aryl methyl sites for hydroxylation is 1. The Labute approximate surface area is 151 Å². The normalized spacial score (nSPS) is 25.9. The zero-order valence-electron chi connectivity index (χ0n) is 14.9. The number of nitrogens with zero attached hydrogens (tertiary/aromatic N) is 1. The first-order chi connectivity index (χ1) is 12.5. The number of hydrogen-bond donors (Lipinski definition) is 3. The van der Waals surface area contributed by atoms with Crippen LogP contribution < -0.4 is 10.9 Å². The Bertz CT molecular complexity index is 726. The van der Waals surface area contributed by atoms with Crippen LogP contribution in [0.5, 0.6) is 0 Å². The molecule has 1 saturated heterocycles. The van der Waals surface area contributed by atoms with E-state index < -0.39 is 12.1 Å². The first-order valence-corrected chi connectivity index (χ1v) is 9.07. The van der Waals surface area contributed by atoms with Crippen LogP contribution in [0.4, 0.5) is 0 Å². The van der Waals surface area contributed by atoms with Gasteiger partial charge in [0.05, 0.1) is 30.9 Å². The number of morpholine rings is 1. The maximum atomic E-state index is 12.6. The number of nitrogens with one attached hydrogen (secondary N) is 2. The molecule has 2 aliphatic rings. The van der Waals surface area contributed by atoms with Crippen LogP contribution in [0.25, 0.3) is 0 Å². The fourth-order valence-electron chi connectivity index (χ4n) is 3.67. The van der Waals surface area contributed by atoms with Gasteiger partial charge in [-0.25, -0.2) is 0 Å². The second-order valence-electron chi connectivity index (χ2n) is 6.82. The molecule has 2 fully saturated rings. The second kappa shape index (κ2) is 8.01. The van der Waals surface area contributed by atoms with E-state index in [1.165, 1.54) is 12.1 Å². The zero-order chi connectivity index (χ0) is 18.7. The Morgan fingerprint density at radius 1 is 1.31 bits per heavy atom. The quantitative estimate of drug-likeness (QED) is 0.678. The predicted octanol–water partition coefficient (Wildman–Crippen LogP) is -0.335. The molecule has 1 aromatic heterocycles. The SMILES string of the molecule is CCc1[nH]c(=O)ccc1C(=O)N[C@@H]1C[C@H](C(=O)N2CCOCC2)C[C@H]1O. The molecule has 0 radical (unpaired) electrons. The van der Waals surface area contributed by atoms with Gasteiger partial charge in [-0.3, -0.25) is 14.4 Å². The van der Waals surface area contributed by atoms with Gasteiger partial charge in [0.2, 0.25) is 11.5 Å². The van der Waals surface area contributed by atoms with Gasteiger partial charge in [0.15, 0.2) is 0 Å². The van der Waals surface area contributed by atoms with Crippen LogP contribution in [0.3, 0.4) is 0 Å². The molecule has 0 aromatic carbocycles.